The van der Waals surface area contributed by atoms with Crippen LogP contribution in [-0.4, -0.2) is 25.0 Å². The largest absolute Gasteiger partial charge is 0.467 e. The summed E-state index contributed by atoms with van der Waals surface area (Å²) in [6, 6.07) is 11.6. The molecule has 2 aromatic rings. The molecule has 24 heavy (non-hydrogen) atoms. The average molecular weight is 366 g/mol. The van der Waals surface area contributed by atoms with E-state index in [9.17, 15) is 9.59 Å². The van der Waals surface area contributed by atoms with E-state index in [0.717, 1.165) is 11.1 Å². The third kappa shape index (κ3) is 4.49. The zero-order valence-corrected chi connectivity index (χ0v) is 14.8. The maximum atomic E-state index is 12.5. The van der Waals surface area contributed by atoms with E-state index < -0.39 is 17.9 Å². The van der Waals surface area contributed by atoms with Gasteiger partial charge in [0.15, 0.2) is 0 Å². The van der Waals surface area contributed by atoms with E-state index in [4.69, 9.17) is 27.9 Å². The Balaban J connectivity index is 2.21. The van der Waals surface area contributed by atoms with Gasteiger partial charge in [-0.2, -0.15) is 0 Å². The molecule has 0 aromatic heterocycles. The lowest BCUT2D eigenvalue weighted by atomic mass is 10.0. The van der Waals surface area contributed by atoms with Crippen LogP contribution in [0.25, 0.3) is 0 Å². The highest BCUT2D eigenvalue weighted by molar-refractivity contribution is 6.39. The minimum absolute atomic E-state index is 0.138. The summed E-state index contributed by atoms with van der Waals surface area (Å²) < 4.78 is 4.79. The molecule has 0 saturated carbocycles. The molecule has 0 heterocycles. The Morgan fingerprint density at radius 3 is 2.21 bits per heavy atom. The molecule has 0 radical (unpaired) electrons. The van der Waals surface area contributed by atoms with Crippen LogP contribution < -0.4 is 5.32 Å². The molecule has 1 atom stereocenters. The van der Waals surface area contributed by atoms with Crippen molar-refractivity contribution in [2.75, 3.05) is 7.11 Å². The minimum atomic E-state index is -0.836. The highest BCUT2D eigenvalue weighted by atomic mass is 35.5. The van der Waals surface area contributed by atoms with E-state index in [1.807, 2.05) is 31.2 Å². The third-order valence-corrected chi connectivity index (χ3v) is 4.17. The van der Waals surface area contributed by atoms with Crippen molar-refractivity contribution in [3.8, 4) is 0 Å². The number of nitrogens with one attached hydrogen (secondary N) is 1. The molecule has 0 bridgehead atoms. The van der Waals surface area contributed by atoms with Crippen molar-refractivity contribution in [2.24, 2.45) is 0 Å². The summed E-state index contributed by atoms with van der Waals surface area (Å²) in [5, 5.41) is 3.09. The first-order valence-electron chi connectivity index (χ1n) is 7.30. The van der Waals surface area contributed by atoms with Crippen molar-refractivity contribution in [2.45, 2.75) is 19.4 Å². The number of methoxy groups -OCH3 is 1. The van der Waals surface area contributed by atoms with Gasteiger partial charge >= 0.3 is 5.97 Å². The van der Waals surface area contributed by atoms with Gasteiger partial charge in [-0.15, -0.1) is 0 Å². The summed E-state index contributed by atoms with van der Waals surface area (Å²) >= 11 is 12.1. The molecule has 0 aliphatic rings. The summed E-state index contributed by atoms with van der Waals surface area (Å²) in [4.78, 5) is 24.5. The van der Waals surface area contributed by atoms with E-state index in [-0.39, 0.29) is 15.6 Å². The Morgan fingerprint density at radius 2 is 1.67 bits per heavy atom. The Morgan fingerprint density at radius 1 is 1.08 bits per heavy atom. The lowest BCUT2D eigenvalue weighted by Gasteiger charge is -2.17. The van der Waals surface area contributed by atoms with Gasteiger partial charge in [0.25, 0.3) is 5.91 Å². The zero-order valence-electron chi connectivity index (χ0n) is 13.3. The Labute approximate surface area is 150 Å². The first kappa shape index (κ1) is 18.3. The minimum Gasteiger partial charge on any atom is -0.467 e. The van der Waals surface area contributed by atoms with E-state index in [2.05, 4.69) is 5.32 Å². The van der Waals surface area contributed by atoms with E-state index in [0.29, 0.717) is 6.42 Å². The fraction of sp³-hybridized carbons (Fsp3) is 0.222. The number of benzene rings is 2. The third-order valence-electron chi connectivity index (χ3n) is 3.54. The molecule has 126 valence electrons. The van der Waals surface area contributed by atoms with Gasteiger partial charge in [0, 0.05) is 6.42 Å². The second-order valence-electron chi connectivity index (χ2n) is 5.34. The molecule has 0 fully saturated rings. The summed E-state index contributed by atoms with van der Waals surface area (Å²) in [6.45, 7) is 1.97. The summed E-state index contributed by atoms with van der Waals surface area (Å²) in [5.41, 5.74) is 2.15. The number of aryl methyl sites for hydroxylation is 1. The van der Waals surface area contributed by atoms with Gasteiger partial charge in [0.2, 0.25) is 0 Å². The quantitative estimate of drug-likeness (QED) is 0.819. The topological polar surface area (TPSA) is 55.4 Å². The van der Waals surface area contributed by atoms with Crippen LogP contribution in [0.1, 0.15) is 21.5 Å². The van der Waals surface area contributed by atoms with E-state index in [1.165, 1.54) is 7.11 Å². The van der Waals surface area contributed by atoms with Crippen LogP contribution in [0.3, 0.4) is 0 Å². The standard InChI is InChI=1S/C18H17Cl2NO3/c1-11-6-8-12(9-7-11)10-15(18(23)24-2)21-17(22)16-13(19)4-3-5-14(16)20/h3-9,15H,10H2,1-2H3,(H,21,22)/t15-/m0/s1. The zero-order chi connectivity index (χ0) is 17.7. The fourth-order valence-electron chi connectivity index (χ4n) is 2.24. The van der Waals surface area contributed by atoms with Crippen LogP contribution in [0.2, 0.25) is 10.0 Å². The summed E-state index contributed by atoms with van der Waals surface area (Å²) in [7, 11) is 1.28. The van der Waals surface area contributed by atoms with Gasteiger partial charge in [0.1, 0.15) is 6.04 Å². The molecule has 1 N–H and O–H groups in total. The number of carbonyl (C=O) groups excluding carboxylic acids is 2. The van der Waals surface area contributed by atoms with Crippen molar-refractivity contribution in [3.63, 3.8) is 0 Å². The normalized spacial score (nSPS) is 11.7. The maximum absolute atomic E-state index is 12.5. The first-order chi connectivity index (χ1) is 11.4. The van der Waals surface area contributed by atoms with Gasteiger partial charge in [-0.3, -0.25) is 4.79 Å². The molecule has 2 aromatic carbocycles. The number of amides is 1. The van der Waals surface area contributed by atoms with Crippen molar-refractivity contribution in [3.05, 3.63) is 69.2 Å². The molecule has 1 amide bonds. The Hall–Kier alpha value is -2.04. The number of rotatable bonds is 5. The van der Waals surface area contributed by atoms with Gasteiger partial charge in [-0.05, 0) is 24.6 Å². The summed E-state index contributed by atoms with van der Waals surface area (Å²) in [5.74, 6) is -1.06. The Kier molecular flexibility index (Phi) is 6.23. The van der Waals surface area contributed by atoms with E-state index >= 15 is 0 Å². The monoisotopic (exact) mass is 365 g/mol. The number of ether oxygens (including phenoxy) is 1. The van der Waals surface area contributed by atoms with Crippen LogP contribution in [0, 0.1) is 6.92 Å². The molecule has 4 nitrogen and oxygen atoms in total. The molecule has 0 aliphatic carbocycles. The van der Waals surface area contributed by atoms with Crippen LogP contribution in [0.15, 0.2) is 42.5 Å². The number of hydrogen-bond acceptors (Lipinski definition) is 3. The van der Waals surface area contributed by atoms with Crippen LogP contribution >= 0.6 is 23.2 Å². The predicted octanol–water partition coefficient (Wildman–Crippen LogP) is 3.82. The van der Waals surface area contributed by atoms with Crippen LogP contribution in [0.5, 0.6) is 0 Å². The molecule has 2 rings (SSSR count). The average Bonchev–Trinajstić information content (AvgIpc) is 2.55. The molecular formula is C18H17Cl2NO3. The van der Waals surface area contributed by atoms with Crippen LogP contribution in [-0.2, 0) is 16.0 Å². The lowest BCUT2D eigenvalue weighted by Crippen LogP contribution is -2.43. The molecule has 0 unspecified atom stereocenters. The molecule has 6 heteroatoms. The van der Waals surface area contributed by atoms with Crippen LogP contribution in [0.4, 0.5) is 0 Å². The number of hydrogen-bond donors (Lipinski definition) is 1. The second-order valence-corrected chi connectivity index (χ2v) is 6.15. The summed E-state index contributed by atoms with van der Waals surface area (Å²) in [6.07, 6.45) is 0.306. The molecule has 0 spiro atoms. The number of halogens is 2. The van der Waals surface area contributed by atoms with Crippen molar-refractivity contribution >= 4 is 35.1 Å². The maximum Gasteiger partial charge on any atom is 0.328 e. The predicted molar refractivity (Wildman–Crippen MR) is 94.6 cm³/mol. The SMILES string of the molecule is COC(=O)[C@H](Cc1ccc(C)cc1)NC(=O)c1c(Cl)cccc1Cl. The fourth-order valence-corrected chi connectivity index (χ4v) is 2.81. The highest BCUT2D eigenvalue weighted by Crippen LogP contribution is 2.24. The smallest absolute Gasteiger partial charge is 0.328 e. The van der Waals surface area contributed by atoms with Gasteiger partial charge < -0.3 is 10.1 Å². The van der Waals surface area contributed by atoms with E-state index in [1.54, 1.807) is 18.2 Å². The molecule has 0 saturated heterocycles. The van der Waals surface area contributed by atoms with Crippen molar-refractivity contribution < 1.29 is 14.3 Å². The highest BCUT2D eigenvalue weighted by Gasteiger charge is 2.24. The van der Waals surface area contributed by atoms with Gasteiger partial charge in [0.05, 0.1) is 22.7 Å². The Bertz CT molecular complexity index is 724. The number of esters is 1. The van der Waals surface area contributed by atoms with Crippen molar-refractivity contribution in [1.29, 1.82) is 0 Å². The second kappa shape index (κ2) is 8.18. The molecule has 0 aliphatic heterocycles. The van der Waals surface area contributed by atoms with Crippen molar-refractivity contribution in [1.82, 2.24) is 5.32 Å². The first-order valence-corrected chi connectivity index (χ1v) is 8.06. The van der Waals surface area contributed by atoms with Gasteiger partial charge in [-0.25, -0.2) is 4.79 Å². The van der Waals surface area contributed by atoms with Gasteiger partial charge in [-0.1, -0.05) is 59.1 Å². The molecular weight excluding hydrogens is 349 g/mol. The lowest BCUT2D eigenvalue weighted by molar-refractivity contribution is -0.142. The number of carbonyl (C=O) groups is 2.